The fourth-order valence-electron chi connectivity index (χ4n) is 2.85. The van der Waals surface area contributed by atoms with Crippen LogP contribution in [0.3, 0.4) is 0 Å². The van der Waals surface area contributed by atoms with Gasteiger partial charge in [0, 0.05) is 11.3 Å². The first kappa shape index (κ1) is 13.1. The summed E-state index contributed by atoms with van der Waals surface area (Å²) in [7, 11) is 0. The number of rotatable bonds is 2. The van der Waals surface area contributed by atoms with Crippen LogP contribution in [0.5, 0.6) is 0 Å². The number of nitrogens with zero attached hydrogens (tertiary/aromatic N) is 2. The van der Waals surface area contributed by atoms with Crippen LogP contribution in [0.2, 0.25) is 0 Å². The number of fused-ring (bicyclic) bond motifs is 1. The lowest BCUT2D eigenvalue weighted by molar-refractivity contribution is 0.626. The molecule has 20 heavy (non-hydrogen) atoms. The van der Waals surface area contributed by atoms with Crippen LogP contribution in [-0.2, 0) is 6.42 Å². The van der Waals surface area contributed by atoms with E-state index in [4.69, 9.17) is 5.73 Å². The zero-order valence-electron chi connectivity index (χ0n) is 12.1. The minimum absolute atomic E-state index is 0.0150. The van der Waals surface area contributed by atoms with Crippen LogP contribution < -0.4 is 11.1 Å². The molecule has 1 aromatic carbocycles. The van der Waals surface area contributed by atoms with Crippen molar-refractivity contribution >= 4 is 5.82 Å². The smallest absolute Gasteiger partial charge is 0.133 e. The SMILES string of the molecule is Cc1nc(C)c(C)c(N[C@H]2Cc3ccccc3[C@@H]2N)n1. The Hall–Kier alpha value is -1.94. The van der Waals surface area contributed by atoms with Gasteiger partial charge in [-0.05, 0) is 38.3 Å². The van der Waals surface area contributed by atoms with Gasteiger partial charge in [-0.15, -0.1) is 0 Å². The van der Waals surface area contributed by atoms with E-state index in [9.17, 15) is 0 Å². The second kappa shape index (κ2) is 4.87. The monoisotopic (exact) mass is 268 g/mol. The topological polar surface area (TPSA) is 63.8 Å². The third kappa shape index (κ3) is 2.16. The maximum absolute atomic E-state index is 6.36. The van der Waals surface area contributed by atoms with Gasteiger partial charge in [-0.3, -0.25) is 0 Å². The molecule has 104 valence electrons. The maximum atomic E-state index is 6.36. The first-order chi connectivity index (χ1) is 9.56. The predicted molar refractivity (Wildman–Crippen MR) is 80.7 cm³/mol. The van der Waals surface area contributed by atoms with Crippen molar-refractivity contribution in [2.75, 3.05) is 5.32 Å². The van der Waals surface area contributed by atoms with Gasteiger partial charge < -0.3 is 11.1 Å². The van der Waals surface area contributed by atoms with Crippen LogP contribution in [0.25, 0.3) is 0 Å². The number of aryl methyl sites for hydroxylation is 2. The second-order valence-electron chi connectivity index (χ2n) is 5.51. The number of nitrogens with two attached hydrogens (primary N) is 1. The summed E-state index contributed by atoms with van der Waals surface area (Å²) in [4.78, 5) is 8.90. The predicted octanol–water partition coefficient (Wildman–Crippen LogP) is 2.44. The highest BCUT2D eigenvalue weighted by Crippen LogP contribution is 2.31. The number of aromatic nitrogens is 2. The van der Waals surface area contributed by atoms with Crippen molar-refractivity contribution in [1.29, 1.82) is 0 Å². The molecule has 4 nitrogen and oxygen atoms in total. The number of hydrogen-bond acceptors (Lipinski definition) is 4. The molecule has 0 fully saturated rings. The van der Waals surface area contributed by atoms with Gasteiger partial charge in [-0.25, -0.2) is 9.97 Å². The van der Waals surface area contributed by atoms with Crippen molar-refractivity contribution in [3.63, 3.8) is 0 Å². The minimum atomic E-state index is 0.0150. The molecule has 0 spiro atoms. The van der Waals surface area contributed by atoms with Crippen LogP contribution >= 0.6 is 0 Å². The van der Waals surface area contributed by atoms with E-state index < -0.39 is 0 Å². The molecule has 1 aromatic heterocycles. The number of hydrogen-bond donors (Lipinski definition) is 2. The molecule has 0 amide bonds. The molecule has 1 aliphatic carbocycles. The van der Waals surface area contributed by atoms with Gasteiger partial charge in [0.1, 0.15) is 11.6 Å². The molecule has 2 aromatic rings. The van der Waals surface area contributed by atoms with Gasteiger partial charge in [-0.1, -0.05) is 24.3 Å². The summed E-state index contributed by atoms with van der Waals surface area (Å²) >= 11 is 0. The highest BCUT2D eigenvalue weighted by atomic mass is 15.1. The molecule has 0 saturated heterocycles. The summed E-state index contributed by atoms with van der Waals surface area (Å²) in [6, 6.07) is 8.59. The van der Waals surface area contributed by atoms with E-state index in [1.807, 2.05) is 26.8 Å². The average molecular weight is 268 g/mol. The zero-order valence-corrected chi connectivity index (χ0v) is 12.1. The molecule has 4 heteroatoms. The normalized spacial score (nSPS) is 20.8. The Labute approximate surface area is 119 Å². The van der Waals surface area contributed by atoms with Gasteiger partial charge >= 0.3 is 0 Å². The fraction of sp³-hybridized carbons (Fsp3) is 0.375. The van der Waals surface area contributed by atoms with Gasteiger partial charge in [0.2, 0.25) is 0 Å². The Balaban J connectivity index is 1.87. The molecule has 3 rings (SSSR count). The Morgan fingerprint density at radius 2 is 1.90 bits per heavy atom. The maximum Gasteiger partial charge on any atom is 0.133 e. The molecule has 1 aliphatic rings. The number of benzene rings is 1. The second-order valence-corrected chi connectivity index (χ2v) is 5.51. The summed E-state index contributed by atoms with van der Waals surface area (Å²) in [5, 5.41) is 3.51. The van der Waals surface area contributed by atoms with Crippen LogP contribution in [0, 0.1) is 20.8 Å². The van der Waals surface area contributed by atoms with Crippen LogP contribution in [0.4, 0.5) is 5.82 Å². The third-order valence-electron chi connectivity index (χ3n) is 4.11. The standard InChI is InChI=1S/C16H20N4/c1-9-10(2)18-11(3)19-16(9)20-14-8-12-6-4-5-7-13(12)15(14)17/h4-7,14-15H,8,17H2,1-3H3,(H,18,19,20)/t14-,15-/m0/s1. The highest BCUT2D eigenvalue weighted by Gasteiger charge is 2.29. The van der Waals surface area contributed by atoms with Crippen LogP contribution in [0.1, 0.15) is 34.3 Å². The molecule has 0 unspecified atom stereocenters. The summed E-state index contributed by atoms with van der Waals surface area (Å²) in [5.41, 5.74) is 11.0. The lowest BCUT2D eigenvalue weighted by atomic mass is 10.1. The van der Waals surface area contributed by atoms with Crippen molar-refractivity contribution in [1.82, 2.24) is 9.97 Å². The Kier molecular flexibility index (Phi) is 3.18. The van der Waals surface area contributed by atoms with Gasteiger partial charge in [0.15, 0.2) is 0 Å². The molecular formula is C16H20N4. The number of anilines is 1. The molecule has 0 saturated carbocycles. The van der Waals surface area contributed by atoms with Crippen molar-refractivity contribution < 1.29 is 0 Å². The largest absolute Gasteiger partial charge is 0.365 e. The lowest BCUT2D eigenvalue weighted by Crippen LogP contribution is -2.30. The van der Waals surface area contributed by atoms with Crippen molar-refractivity contribution in [3.8, 4) is 0 Å². The van der Waals surface area contributed by atoms with Crippen LogP contribution in [0.15, 0.2) is 24.3 Å². The number of nitrogens with one attached hydrogen (secondary N) is 1. The molecule has 0 bridgehead atoms. The van der Waals surface area contributed by atoms with Gasteiger partial charge in [0.05, 0.1) is 12.1 Å². The summed E-state index contributed by atoms with van der Waals surface area (Å²) < 4.78 is 0. The Bertz CT molecular complexity index is 651. The van der Waals surface area contributed by atoms with Gasteiger partial charge in [-0.2, -0.15) is 0 Å². The van der Waals surface area contributed by atoms with E-state index in [2.05, 4.69) is 33.5 Å². The molecule has 3 N–H and O–H groups in total. The lowest BCUT2D eigenvalue weighted by Gasteiger charge is -2.20. The third-order valence-corrected chi connectivity index (χ3v) is 4.11. The van der Waals surface area contributed by atoms with Crippen molar-refractivity contribution in [2.45, 2.75) is 39.3 Å². The highest BCUT2D eigenvalue weighted by molar-refractivity contribution is 5.49. The molecule has 0 radical (unpaired) electrons. The molecule has 1 heterocycles. The van der Waals surface area contributed by atoms with E-state index in [0.717, 1.165) is 29.3 Å². The van der Waals surface area contributed by atoms with Crippen LogP contribution in [-0.4, -0.2) is 16.0 Å². The quantitative estimate of drug-likeness (QED) is 0.878. The summed E-state index contributed by atoms with van der Waals surface area (Å²) in [6.45, 7) is 5.98. The van der Waals surface area contributed by atoms with E-state index in [0.29, 0.717) is 0 Å². The van der Waals surface area contributed by atoms with E-state index in [1.165, 1.54) is 11.1 Å². The van der Waals surface area contributed by atoms with E-state index in [-0.39, 0.29) is 12.1 Å². The molecule has 0 aliphatic heterocycles. The van der Waals surface area contributed by atoms with Gasteiger partial charge in [0.25, 0.3) is 0 Å². The Morgan fingerprint density at radius 3 is 2.65 bits per heavy atom. The van der Waals surface area contributed by atoms with Crippen molar-refractivity contribution in [2.24, 2.45) is 5.73 Å². The first-order valence-corrected chi connectivity index (χ1v) is 6.98. The fourth-order valence-corrected chi connectivity index (χ4v) is 2.85. The zero-order chi connectivity index (χ0) is 14.3. The molecular weight excluding hydrogens is 248 g/mol. The molecule has 2 atom stereocenters. The summed E-state index contributed by atoms with van der Waals surface area (Å²) in [5.74, 6) is 1.70. The minimum Gasteiger partial charge on any atom is -0.365 e. The first-order valence-electron chi connectivity index (χ1n) is 6.98. The summed E-state index contributed by atoms with van der Waals surface area (Å²) in [6.07, 6.45) is 0.943. The van der Waals surface area contributed by atoms with E-state index in [1.54, 1.807) is 0 Å². The van der Waals surface area contributed by atoms with Crippen molar-refractivity contribution in [3.05, 3.63) is 52.5 Å². The van der Waals surface area contributed by atoms with E-state index >= 15 is 0 Å². The Morgan fingerprint density at radius 1 is 1.15 bits per heavy atom. The average Bonchev–Trinajstić information content (AvgIpc) is 2.73.